The largest absolute Gasteiger partial charge is 0.494 e. The molecule has 2 aromatic rings. The predicted molar refractivity (Wildman–Crippen MR) is 139 cm³/mol. The molecule has 0 amide bonds. The molecule has 1 atom stereocenters. The summed E-state index contributed by atoms with van der Waals surface area (Å²) in [4.78, 5) is 20.8. The van der Waals surface area contributed by atoms with Crippen molar-refractivity contribution in [2.45, 2.75) is 45.1 Å². The van der Waals surface area contributed by atoms with Gasteiger partial charge in [-0.1, -0.05) is 43.0 Å². The van der Waals surface area contributed by atoms with Gasteiger partial charge in [-0.25, -0.2) is 9.78 Å². The zero-order valence-electron chi connectivity index (χ0n) is 21.0. The minimum Gasteiger partial charge on any atom is -0.494 e. The van der Waals surface area contributed by atoms with Crippen LogP contribution in [0.2, 0.25) is 0 Å². The summed E-state index contributed by atoms with van der Waals surface area (Å²) in [5.41, 5.74) is 3.72. The maximum Gasteiger partial charge on any atom is 0.145 e. The molecule has 2 aromatic carbocycles. The van der Waals surface area contributed by atoms with E-state index in [1.807, 2.05) is 43.3 Å². The van der Waals surface area contributed by atoms with Crippen LogP contribution in [-0.2, 0) is 19.3 Å². The Balaban J connectivity index is 1.66. The quantitative estimate of drug-likeness (QED) is 0.0580. The third-order valence-electron chi connectivity index (χ3n) is 5.25. The molecular formula is C29H38O6. The number of hydrogen-bond donors (Lipinski definition) is 0. The van der Waals surface area contributed by atoms with Crippen LogP contribution < -0.4 is 9.47 Å². The van der Waals surface area contributed by atoms with Crippen LogP contribution in [0.1, 0.15) is 39.0 Å². The maximum absolute atomic E-state index is 10.7. The van der Waals surface area contributed by atoms with Crippen LogP contribution in [0.25, 0.3) is 11.1 Å². The molecule has 6 nitrogen and oxygen atoms in total. The van der Waals surface area contributed by atoms with Crippen molar-refractivity contribution in [2.24, 2.45) is 0 Å². The van der Waals surface area contributed by atoms with Crippen LogP contribution in [-0.4, -0.2) is 45.9 Å². The molecule has 190 valence electrons. The van der Waals surface area contributed by atoms with Gasteiger partial charge in [-0.15, -0.1) is 0 Å². The number of rotatable bonds is 19. The Morgan fingerprint density at radius 3 is 1.89 bits per heavy atom. The van der Waals surface area contributed by atoms with E-state index in [1.165, 1.54) is 0 Å². The van der Waals surface area contributed by atoms with E-state index in [2.05, 4.69) is 25.3 Å². The average Bonchev–Trinajstić information content (AvgIpc) is 2.87. The van der Waals surface area contributed by atoms with E-state index in [9.17, 15) is 4.79 Å². The van der Waals surface area contributed by atoms with Crippen molar-refractivity contribution in [3.05, 3.63) is 72.8 Å². The lowest BCUT2D eigenvalue weighted by Gasteiger charge is -2.15. The third-order valence-corrected chi connectivity index (χ3v) is 5.25. The molecule has 1 unspecified atom stereocenters. The first-order valence-corrected chi connectivity index (χ1v) is 12.0. The molecule has 0 aliphatic carbocycles. The Kier molecular flexibility index (Phi) is 13.5. The molecule has 0 aliphatic rings. The molecule has 0 N–H and O–H groups in total. The molecular weight excluding hydrogens is 444 g/mol. The van der Waals surface area contributed by atoms with Gasteiger partial charge in [-0.3, -0.25) is 4.79 Å². The molecule has 0 aliphatic heterocycles. The molecule has 0 heterocycles. The van der Waals surface area contributed by atoms with Gasteiger partial charge in [0.2, 0.25) is 0 Å². The third kappa shape index (κ3) is 11.9. The number of carbonyl (C=O) groups excluding carboxylic acids is 1. The first kappa shape index (κ1) is 28.3. The van der Waals surface area contributed by atoms with Crippen molar-refractivity contribution in [3.63, 3.8) is 0 Å². The number of unbranched alkanes of at least 4 members (excludes halogenated alkanes) is 1. The van der Waals surface area contributed by atoms with E-state index in [1.54, 1.807) is 7.11 Å². The highest BCUT2D eigenvalue weighted by Gasteiger charge is 2.09. The zero-order valence-corrected chi connectivity index (χ0v) is 21.0. The summed E-state index contributed by atoms with van der Waals surface area (Å²) >= 11 is 0. The average molecular weight is 483 g/mol. The summed E-state index contributed by atoms with van der Waals surface area (Å²) in [7, 11) is 1.65. The van der Waals surface area contributed by atoms with Gasteiger partial charge in [0.05, 0.1) is 25.9 Å². The van der Waals surface area contributed by atoms with Gasteiger partial charge in [-0.2, -0.15) is 0 Å². The summed E-state index contributed by atoms with van der Waals surface area (Å²) in [6.07, 6.45) is 4.74. The molecule has 0 saturated carbocycles. The zero-order chi connectivity index (χ0) is 25.3. The van der Waals surface area contributed by atoms with Crippen LogP contribution >= 0.6 is 0 Å². The number of benzene rings is 2. The highest BCUT2D eigenvalue weighted by atomic mass is 17.2. The van der Waals surface area contributed by atoms with Gasteiger partial charge in [0.25, 0.3) is 0 Å². The summed E-state index contributed by atoms with van der Waals surface area (Å²) < 4.78 is 17.1. The van der Waals surface area contributed by atoms with Crippen LogP contribution in [0, 0.1) is 0 Å². The minimum atomic E-state index is -0.00832. The van der Waals surface area contributed by atoms with Crippen LogP contribution in [0.3, 0.4) is 0 Å². The van der Waals surface area contributed by atoms with Crippen LogP contribution in [0.5, 0.6) is 11.5 Å². The molecule has 0 bridgehead atoms. The van der Waals surface area contributed by atoms with Crippen LogP contribution in [0.15, 0.2) is 72.8 Å². The Bertz CT molecular complexity index is 888. The lowest BCUT2D eigenvalue weighted by Crippen LogP contribution is -2.13. The van der Waals surface area contributed by atoms with Crippen molar-refractivity contribution in [1.29, 1.82) is 0 Å². The van der Waals surface area contributed by atoms with E-state index in [4.69, 9.17) is 24.0 Å². The summed E-state index contributed by atoms with van der Waals surface area (Å²) in [5, 5.41) is 0. The number of ether oxygens (including phenoxy) is 3. The second-order valence-corrected chi connectivity index (χ2v) is 8.47. The highest BCUT2D eigenvalue weighted by molar-refractivity contribution is 5.72. The second kappa shape index (κ2) is 16.7. The lowest BCUT2D eigenvalue weighted by atomic mass is 10.1. The Morgan fingerprint density at radius 2 is 1.37 bits per heavy atom. The fraction of sp³-hybridized carbons (Fsp3) is 0.414. The fourth-order valence-corrected chi connectivity index (χ4v) is 3.29. The van der Waals surface area contributed by atoms with Gasteiger partial charge in [0.15, 0.2) is 0 Å². The van der Waals surface area contributed by atoms with E-state index in [0.29, 0.717) is 38.4 Å². The fourth-order valence-electron chi connectivity index (χ4n) is 3.29. The van der Waals surface area contributed by atoms with Gasteiger partial charge < -0.3 is 14.2 Å². The molecule has 0 radical (unpaired) electrons. The molecule has 0 fully saturated rings. The predicted octanol–water partition coefficient (Wildman–Crippen LogP) is 6.36. The standard InChI is InChI=1S/C29H38O6/c1-23(2)22-35-34-19-6-5-17-32-27-13-9-25(10-14-27)26-11-15-28(16-12-26)33-18-7-8-29(31-4)20-24(3)21-30/h9-16,21,29H,1,3,5-8,17-20,22H2,2,4H3. The Labute approximate surface area is 209 Å². The molecule has 35 heavy (non-hydrogen) atoms. The van der Waals surface area contributed by atoms with E-state index < -0.39 is 0 Å². The second-order valence-electron chi connectivity index (χ2n) is 8.47. The van der Waals surface area contributed by atoms with Crippen molar-refractivity contribution in [3.8, 4) is 22.6 Å². The van der Waals surface area contributed by atoms with Crippen molar-refractivity contribution in [2.75, 3.05) is 33.5 Å². The van der Waals surface area contributed by atoms with E-state index in [0.717, 1.165) is 60.2 Å². The Morgan fingerprint density at radius 1 is 0.829 bits per heavy atom. The van der Waals surface area contributed by atoms with E-state index in [-0.39, 0.29) is 6.10 Å². The van der Waals surface area contributed by atoms with Gasteiger partial charge in [0, 0.05) is 13.5 Å². The van der Waals surface area contributed by atoms with Crippen molar-refractivity contribution >= 4 is 6.29 Å². The monoisotopic (exact) mass is 482 g/mol. The number of hydrogen-bond acceptors (Lipinski definition) is 6. The molecule has 2 rings (SSSR count). The van der Waals surface area contributed by atoms with E-state index >= 15 is 0 Å². The topological polar surface area (TPSA) is 63.2 Å². The summed E-state index contributed by atoms with van der Waals surface area (Å²) in [5.74, 6) is 1.67. The smallest absolute Gasteiger partial charge is 0.145 e. The molecule has 0 aromatic heterocycles. The summed E-state index contributed by atoms with van der Waals surface area (Å²) in [6.45, 7) is 11.5. The van der Waals surface area contributed by atoms with Crippen molar-refractivity contribution < 1.29 is 28.8 Å². The van der Waals surface area contributed by atoms with Gasteiger partial charge in [-0.05, 0) is 73.6 Å². The van der Waals surface area contributed by atoms with Crippen LogP contribution in [0.4, 0.5) is 0 Å². The maximum atomic E-state index is 10.7. The Hall–Kier alpha value is -2.93. The molecule has 0 spiro atoms. The number of carbonyl (C=O) groups is 1. The number of methoxy groups -OCH3 is 1. The summed E-state index contributed by atoms with van der Waals surface area (Å²) in [6, 6.07) is 16.1. The first-order chi connectivity index (χ1) is 17.0. The normalized spacial score (nSPS) is 11.6. The van der Waals surface area contributed by atoms with Gasteiger partial charge in [0.1, 0.15) is 24.4 Å². The van der Waals surface area contributed by atoms with Crippen molar-refractivity contribution in [1.82, 2.24) is 0 Å². The number of aldehydes is 1. The lowest BCUT2D eigenvalue weighted by molar-refractivity contribution is -0.288. The molecule has 6 heteroatoms. The SMILES string of the molecule is C=C(C)COOCCCCOc1ccc(-c2ccc(OCCCC(CC(=C)C=O)OC)cc2)cc1. The molecule has 0 saturated heterocycles. The first-order valence-electron chi connectivity index (χ1n) is 12.0. The highest BCUT2D eigenvalue weighted by Crippen LogP contribution is 2.25. The van der Waals surface area contributed by atoms with Gasteiger partial charge >= 0.3 is 0 Å². The minimum absolute atomic E-state index is 0.00832.